The molecule has 34 heavy (non-hydrogen) atoms. The summed E-state index contributed by atoms with van der Waals surface area (Å²) in [4.78, 5) is 15.4. The van der Waals surface area contributed by atoms with Crippen LogP contribution in [0, 0.1) is 22.7 Å². The van der Waals surface area contributed by atoms with Gasteiger partial charge < -0.3 is 0 Å². The molecule has 164 valence electrons. The van der Waals surface area contributed by atoms with Crippen molar-refractivity contribution in [3.05, 3.63) is 79.3 Å². The molecule has 5 aromatic rings. The summed E-state index contributed by atoms with van der Waals surface area (Å²) in [6, 6.07) is 17.2. The first-order valence-electron chi connectivity index (χ1n) is 9.99. The third kappa shape index (κ3) is 4.58. The average molecular weight is 531 g/mol. The molecule has 0 aliphatic rings. The first-order valence-corrected chi connectivity index (χ1v) is 14.2. The predicted octanol–water partition coefficient (Wildman–Crippen LogP) is 8.64. The van der Waals surface area contributed by atoms with Gasteiger partial charge in [0.15, 0.2) is 0 Å². The monoisotopic (exact) mass is 530 g/mol. The highest BCUT2D eigenvalue weighted by Crippen LogP contribution is 2.42. The number of hydrogen-bond donors (Lipinski definition) is 0. The molecule has 0 spiro atoms. The van der Waals surface area contributed by atoms with E-state index < -0.39 is 0 Å². The van der Waals surface area contributed by atoms with Crippen molar-refractivity contribution in [2.45, 2.75) is 6.92 Å². The molecule has 0 aliphatic heterocycles. The first-order chi connectivity index (χ1) is 16.7. The molecule has 0 atom stereocenters. The molecular weight excluding hydrogens is 517 g/mol. The van der Waals surface area contributed by atoms with E-state index in [9.17, 15) is 10.5 Å². The summed E-state index contributed by atoms with van der Waals surface area (Å²) in [7, 11) is 0. The van der Waals surface area contributed by atoms with Gasteiger partial charge in [0.05, 0.1) is 11.1 Å². The summed E-state index contributed by atoms with van der Waals surface area (Å²) in [6.45, 7) is 1.98. The van der Waals surface area contributed by atoms with Crippen LogP contribution in [0.5, 0.6) is 0 Å². The quantitative estimate of drug-likeness (QED) is 0.206. The largest absolute Gasteiger partial charge is 0.244 e. The van der Waals surface area contributed by atoms with Crippen molar-refractivity contribution in [3.63, 3.8) is 0 Å². The lowest BCUT2D eigenvalue weighted by Gasteiger charge is -2.00. The fraction of sp³-hybridized carbons (Fsp3) is 0.0400. The van der Waals surface area contributed by atoms with Crippen molar-refractivity contribution in [1.82, 2.24) is 9.97 Å². The molecule has 0 aromatic carbocycles. The molecule has 0 radical (unpaired) electrons. The lowest BCUT2D eigenvalue weighted by atomic mass is 10.1. The van der Waals surface area contributed by atoms with Crippen LogP contribution in [0.4, 0.5) is 0 Å². The van der Waals surface area contributed by atoms with E-state index in [1.165, 1.54) is 42.2 Å². The van der Waals surface area contributed by atoms with Crippen LogP contribution in [0.1, 0.15) is 26.7 Å². The van der Waals surface area contributed by atoms with Crippen molar-refractivity contribution in [3.8, 4) is 31.6 Å². The molecule has 0 bridgehead atoms. The highest BCUT2D eigenvalue weighted by atomic mass is 32.1. The number of hydrogen-bond acceptors (Lipinski definition) is 9. The second-order valence-electron chi connectivity index (χ2n) is 6.99. The van der Waals surface area contributed by atoms with Gasteiger partial charge in [-0.05, 0) is 55.0 Å². The van der Waals surface area contributed by atoms with Crippen LogP contribution in [0.15, 0.2) is 59.6 Å². The molecule has 5 rings (SSSR count). The van der Waals surface area contributed by atoms with Crippen LogP contribution in [0.25, 0.3) is 42.3 Å². The summed E-state index contributed by atoms with van der Waals surface area (Å²) in [5, 5.41) is 24.4. The Morgan fingerprint density at radius 1 is 0.765 bits per heavy atom. The van der Waals surface area contributed by atoms with Crippen molar-refractivity contribution in [2.24, 2.45) is 0 Å². The van der Waals surface area contributed by atoms with E-state index in [-0.39, 0.29) is 0 Å². The molecule has 0 N–H and O–H groups in total. The fourth-order valence-corrected chi connectivity index (χ4v) is 7.68. The zero-order valence-electron chi connectivity index (χ0n) is 17.7. The first kappa shape index (κ1) is 22.6. The molecule has 5 heterocycles. The predicted molar refractivity (Wildman–Crippen MR) is 147 cm³/mol. The zero-order chi connectivity index (χ0) is 23.5. The Morgan fingerprint density at radius 3 is 2.03 bits per heavy atom. The average Bonchev–Trinajstić information content (AvgIpc) is 3.68. The molecule has 0 fully saturated rings. The molecule has 9 heteroatoms. The summed E-state index contributed by atoms with van der Waals surface area (Å²) in [6.07, 6.45) is 5.34. The van der Waals surface area contributed by atoms with E-state index >= 15 is 0 Å². The van der Waals surface area contributed by atoms with Gasteiger partial charge in [-0.2, -0.15) is 10.5 Å². The van der Waals surface area contributed by atoms with Gasteiger partial charge in [0.25, 0.3) is 0 Å². The van der Waals surface area contributed by atoms with Crippen LogP contribution < -0.4 is 0 Å². The zero-order valence-corrected chi connectivity index (χ0v) is 21.8. The molecule has 0 aliphatic carbocycles. The SMILES string of the molecule is CC(=C(C#N)c1nccs1)c1ccc(-c2ccc(-c3ccc(C=C(C#N)c4nccs4)s3)s2)s1. The minimum Gasteiger partial charge on any atom is -0.244 e. The van der Waals surface area contributed by atoms with Crippen LogP contribution in [-0.4, -0.2) is 9.97 Å². The lowest BCUT2D eigenvalue weighted by Crippen LogP contribution is -1.83. The smallest absolute Gasteiger partial charge is 0.134 e. The molecule has 0 unspecified atom stereocenters. The summed E-state index contributed by atoms with van der Waals surface area (Å²) >= 11 is 8.05. The standard InChI is InChI=1S/C25H14N4S5/c1-15(18(14-27)25-29-9-11-31-25)19-4-5-22(33-19)23-7-6-21(34-23)20-3-2-17(32-20)12-16(13-26)24-28-8-10-30-24/h2-12H,1H3. The number of rotatable bonds is 6. The van der Waals surface area contributed by atoms with Gasteiger partial charge in [-0.1, -0.05) is 0 Å². The van der Waals surface area contributed by atoms with Crippen molar-refractivity contribution < 1.29 is 0 Å². The van der Waals surface area contributed by atoms with E-state index in [4.69, 9.17) is 0 Å². The maximum Gasteiger partial charge on any atom is 0.134 e. The molecule has 0 saturated heterocycles. The van der Waals surface area contributed by atoms with Crippen LogP contribution in [0.2, 0.25) is 0 Å². The molecule has 4 nitrogen and oxygen atoms in total. The molecular formula is C25H14N4S5. The molecule has 0 amide bonds. The van der Waals surface area contributed by atoms with E-state index in [2.05, 4.69) is 52.4 Å². The Labute approximate surface area is 216 Å². The molecule has 5 aromatic heterocycles. The number of allylic oxidation sites excluding steroid dienone is 3. The van der Waals surface area contributed by atoms with E-state index in [0.717, 1.165) is 25.3 Å². The Kier molecular flexibility index (Phi) is 6.63. The lowest BCUT2D eigenvalue weighted by molar-refractivity contribution is 1.37. The summed E-state index contributed by atoms with van der Waals surface area (Å²) < 4.78 is 0. The van der Waals surface area contributed by atoms with Gasteiger partial charge in [0.2, 0.25) is 0 Å². The Bertz CT molecular complexity index is 1580. The third-order valence-corrected chi connectivity index (χ3v) is 10.2. The maximum absolute atomic E-state index is 9.65. The summed E-state index contributed by atoms with van der Waals surface area (Å²) in [5.41, 5.74) is 2.16. The van der Waals surface area contributed by atoms with Crippen LogP contribution in [0.3, 0.4) is 0 Å². The van der Waals surface area contributed by atoms with Gasteiger partial charge in [-0.15, -0.1) is 56.7 Å². The normalized spacial score (nSPS) is 12.3. The van der Waals surface area contributed by atoms with Gasteiger partial charge in [-0.3, -0.25) is 0 Å². The van der Waals surface area contributed by atoms with E-state index in [1.54, 1.807) is 46.4 Å². The van der Waals surface area contributed by atoms with Crippen LogP contribution >= 0.6 is 56.7 Å². The Hall–Kier alpha value is -3.18. The number of thiazole rings is 2. The molecule has 0 saturated carbocycles. The highest BCUT2D eigenvalue weighted by Gasteiger charge is 2.14. The minimum absolute atomic E-state index is 0.583. The minimum atomic E-state index is 0.583. The highest BCUT2D eigenvalue weighted by molar-refractivity contribution is 7.27. The Morgan fingerprint density at radius 2 is 1.38 bits per heavy atom. The topological polar surface area (TPSA) is 73.4 Å². The van der Waals surface area contributed by atoms with Crippen molar-refractivity contribution >= 4 is 79.5 Å². The van der Waals surface area contributed by atoms with Gasteiger partial charge in [0.1, 0.15) is 22.2 Å². The van der Waals surface area contributed by atoms with Crippen molar-refractivity contribution in [1.29, 1.82) is 10.5 Å². The van der Waals surface area contributed by atoms with E-state index in [0.29, 0.717) is 11.1 Å². The fourth-order valence-electron chi connectivity index (χ4n) is 3.24. The number of aromatic nitrogens is 2. The van der Waals surface area contributed by atoms with Gasteiger partial charge >= 0.3 is 0 Å². The number of nitrogens with zero attached hydrogens (tertiary/aromatic N) is 4. The second kappa shape index (κ2) is 9.98. The maximum atomic E-state index is 9.65. The van der Waals surface area contributed by atoms with Crippen molar-refractivity contribution in [2.75, 3.05) is 0 Å². The summed E-state index contributed by atoms with van der Waals surface area (Å²) in [5.74, 6) is 0. The number of nitriles is 2. The van der Waals surface area contributed by atoms with Gasteiger partial charge in [-0.25, -0.2) is 9.97 Å². The van der Waals surface area contributed by atoms with E-state index in [1.807, 2.05) is 29.8 Å². The second-order valence-corrected chi connectivity index (χ2v) is 12.1. The third-order valence-electron chi connectivity index (χ3n) is 4.90. The van der Waals surface area contributed by atoms with Crippen LogP contribution in [-0.2, 0) is 0 Å². The van der Waals surface area contributed by atoms with Gasteiger partial charge in [0, 0.05) is 52.4 Å². The number of thiophene rings is 3. The Balaban J connectivity index is 1.39.